The van der Waals surface area contributed by atoms with Crippen LogP contribution in [0.25, 0.3) is 26.6 Å². The molecular formula is C29H34N8O3S. The molecule has 0 unspecified atom stereocenters. The van der Waals surface area contributed by atoms with Crippen LogP contribution in [-0.2, 0) is 10.2 Å². The van der Waals surface area contributed by atoms with E-state index in [1.54, 1.807) is 17.4 Å². The summed E-state index contributed by atoms with van der Waals surface area (Å²) in [5.74, 6) is 2.03. The van der Waals surface area contributed by atoms with E-state index in [0.29, 0.717) is 17.3 Å². The van der Waals surface area contributed by atoms with Crippen molar-refractivity contribution in [2.24, 2.45) is 0 Å². The third-order valence-corrected chi connectivity index (χ3v) is 8.09. The van der Waals surface area contributed by atoms with Gasteiger partial charge in [0.15, 0.2) is 10.8 Å². The minimum absolute atomic E-state index is 0.188. The van der Waals surface area contributed by atoms with E-state index < -0.39 is 0 Å². The number of rotatable bonds is 7. The summed E-state index contributed by atoms with van der Waals surface area (Å²) in [4.78, 5) is 28.7. The van der Waals surface area contributed by atoms with Gasteiger partial charge in [-0.2, -0.15) is 0 Å². The molecule has 1 saturated heterocycles. The first-order valence-corrected chi connectivity index (χ1v) is 14.5. The molecule has 6 rings (SSSR count). The van der Waals surface area contributed by atoms with Gasteiger partial charge in [-0.3, -0.25) is 14.6 Å². The number of nitrogens with zero attached hydrogens (tertiary/aromatic N) is 6. The number of hydrogen-bond donors (Lipinski definition) is 2. The van der Waals surface area contributed by atoms with Gasteiger partial charge in [-0.1, -0.05) is 49.4 Å². The van der Waals surface area contributed by atoms with Crippen LogP contribution in [0.3, 0.4) is 0 Å². The number of morpholine rings is 1. The summed E-state index contributed by atoms with van der Waals surface area (Å²) in [5, 5.41) is 9.46. The first-order chi connectivity index (χ1) is 19.7. The van der Waals surface area contributed by atoms with Gasteiger partial charge in [-0.25, -0.2) is 14.8 Å². The summed E-state index contributed by atoms with van der Waals surface area (Å²) in [5.41, 5.74) is 3.32. The summed E-state index contributed by atoms with van der Waals surface area (Å²) in [7, 11) is 2.09. The second-order valence-electron chi connectivity index (χ2n) is 11.2. The maximum Gasteiger partial charge on any atom is 0.324 e. The Bertz CT molecular complexity index is 1660. The molecular weight excluding hydrogens is 540 g/mol. The van der Waals surface area contributed by atoms with Crippen LogP contribution in [-0.4, -0.2) is 76.9 Å². The minimum Gasteiger partial charge on any atom is -0.379 e. The van der Waals surface area contributed by atoms with Crippen LogP contribution >= 0.6 is 11.3 Å². The summed E-state index contributed by atoms with van der Waals surface area (Å²) in [6.45, 7) is 11.6. The Labute approximate surface area is 242 Å². The molecule has 5 heterocycles. The van der Waals surface area contributed by atoms with Crippen LogP contribution in [0.2, 0.25) is 0 Å². The number of carbonyl (C=O) groups is 1. The molecule has 12 heteroatoms. The third-order valence-electron chi connectivity index (χ3n) is 7.12. The average molecular weight is 575 g/mol. The normalized spacial score (nSPS) is 14.5. The van der Waals surface area contributed by atoms with E-state index in [2.05, 4.69) is 49.2 Å². The first kappa shape index (κ1) is 27.2. The predicted octanol–water partition coefficient (Wildman–Crippen LogP) is 5.31. The largest absolute Gasteiger partial charge is 0.379 e. The monoisotopic (exact) mass is 574 g/mol. The van der Waals surface area contributed by atoms with E-state index in [0.717, 1.165) is 71.8 Å². The Balaban J connectivity index is 1.10. The lowest BCUT2D eigenvalue weighted by Crippen LogP contribution is -2.40. The van der Waals surface area contributed by atoms with Gasteiger partial charge >= 0.3 is 6.03 Å². The average Bonchev–Trinajstić information content (AvgIpc) is 3.67. The van der Waals surface area contributed by atoms with Crippen LogP contribution in [0.5, 0.6) is 0 Å². The van der Waals surface area contributed by atoms with Crippen LogP contribution in [0.1, 0.15) is 26.5 Å². The van der Waals surface area contributed by atoms with Crippen molar-refractivity contribution in [2.75, 3.05) is 62.0 Å². The highest BCUT2D eigenvalue weighted by molar-refractivity contribution is 7.23. The first-order valence-electron chi connectivity index (χ1n) is 13.7. The van der Waals surface area contributed by atoms with Gasteiger partial charge in [0.25, 0.3) is 0 Å². The molecule has 41 heavy (non-hydrogen) atoms. The number of fused-ring (bicyclic) bond motifs is 3. The molecule has 1 fully saturated rings. The Hall–Kier alpha value is -4.00. The van der Waals surface area contributed by atoms with Crippen LogP contribution in [0.4, 0.5) is 22.1 Å². The standard InChI is InChI=1S/C29H34N8O3S/c1-29(2,3)23-17-24(34-40-23)32-27(38)30-20-7-5-19(6-8-20)21-18-37-22-9-10-25(33-26(22)41-28(37)31-21)35(4)11-12-36-13-15-39-16-14-36/h5-10,17-18H,11-16H2,1-4H3,(H2,30,32,34,38). The van der Waals surface area contributed by atoms with Gasteiger partial charge in [0.2, 0.25) is 0 Å². The molecule has 0 atom stereocenters. The number of anilines is 3. The fourth-order valence-corrected chi connectivity index (χ4v) is 5.63. The predicted molar refractivity (Wildman–Crippen MR) is 162 cm³/mol. The van der Waals surface area contributed by atoms with E-state index in [-0.39, 0.29) is 11.4 Å². The fourth-order valence-electron chi connectivity index (χ4n) is 4.65. The highest BCUT2D eigenvalue weighted by atomic mass is 32.1. The van der Waals surface area contributed by atoms with Gasteiger partial charge in [0.05, 0.1) is 24.4 Å². The Morgan fingerprint density at radius 1 is 1.07 bits per heavy atom. The molecule has 0 saturated carbocycles. The number of carbonyl (C=O) groups excluding carboxylic acids is 1. The summed E-state index contributed by atoms with van der Waals surface area (Å²) < 4.78 is 12.9. The zero-order valence-corrected chi connectivity index (χ0v) is 24.5. The molecule has 1 aliphatic heterocycles. The third kappa shape index (κ3) is 6.04. The maximum absolute atomic E-state index is 12.4. The van der Waals surface area contributed by atoms with Crippen molar-refractivity contribution < 1.29 is 14.1 Å². The van der Waals surface area contributed by atoms with Gasteiger partial charge in [0.1, 0.15) is 16.4 Å². The molecule has 2 amide bonds. The van der Waals surface area contributed by atoms with E-state index in [4.69, 9.17) is 19.2 Å². The number of thiazole rings is 1. The van der Waals surface area contributed by atoms with Crippen LogP contribution in [0.15, 0.2) is 53.2 Å². The highest BCUT2D eigenvalue weighted by Gasteiger charge is 2.20. The fraction of sp³-hybridized carbons (Fsp3) is 0.379. The van der Waals surface area contributed by atoms with E-state index in [9.17, 15) is 4.79 Å². The number of nitrogens with one attached hydrogen (secondary N) is 2. The molecule has 5 aromatic rings. The second-order valence-corrected chi connectivity index (χ2v) is 12.2. The SMILES string of the molecule is CN(CCN1CCOCC1)c1ccc2c(n1)sc1nc(-c3ccc(NC(=O)Nc4cc(C(C)(C)C)on4)cc3)cn12. The molecule has 214 valence electrons. The number of pyridine rings is 1. The Kier molecular flexibility index (Phi) is 7.37. The van der Waals surface area contributed by atoms with Crippen molar-refractivity contribution in [1.29, 1.82) is 0 Å². The number of likely N-dealkylation sites (N-methyl/N-ethyl adjacent to an activating group) is 1. The Morgan fingerprint density at radius 3 is 2.59 bits per heavy atom. The smallest absolute Gasteiger partial charge is 0.324 e. The minimum atomic E-state index is -0.390. The molecule has 11 nitrogen and oxygen atoms in total. The molecule has 0 radical (unpaired) electrons. The maximum atomic E-state index is 12.4. The number of hydrogen-bond acceptors (Lipinski definition) is 9. The number of benzene rings is 1. The molecule has 0 spiro atoms. The number of urea groups is 1. The molecule has 4 aromatic heterocycles. The topological polar surface area (TPSA) is 113 Å². The molecule has 0 bridgehead atoms. The van der Waals surface area contributed by atoms with Gasteiger partial charge in [-0.15, -0.1) is 0 Å². The summed E-state index contributed by atoms with van der Waals surface area (Å²) in [6.07, 6.45) is 2.03. The van der Waals surface area contributed by atoms with Crippen molar-refractivity contribution >= 4 is 50.0 Å². The van der Waals surface area contributed by atoms with E-state index in [1.165, 1.54) is 0 Å². The van der Waals surface area contributed by atoms with E-state index >= 15 is 0 Å². The Morgan fingerprint density at radius 2 is 1.85 bits per heavy atom. The number of aromatic nitrogens is 4. The lowest BCUT2D eigenvalue weighted by Gasteiger charge is -2.28. The van der Waals surface area contributed by atoms with Crippen molar-refractivity contribution in [3.63, 3.8) is 0 Å². The summed E-state index contributed by atoms with van der Waals surface area (Å²) >= 11 is 1.58. The molecule has 1 aliphatic rings. The van der Waals surface area contributed by atoms with Crippen molar-refractivity contribution in [2.45, 2.75) is 26.2 Å². The highest BCUT2D eigenvalue weighted by Crippen LogP contribution is 2.30. The van der Waals surface area contributed by atoms with Crippen molar-refractivity contribution in [3.8, 4) is 11.3 Å². The number of ether oxygens (including phenoxy) is 1. The lowest BCUT2D eigenvalue weighted by molar-refractivity contribution is 0.0393. The van der Waals surface area contributed by atoms with Crippen molar-refractivity contribution in [1.82, 2.24) is 24.4 Å². The second kappa shape index (κ2) is 11.1. The molecule has 0 aliphatic carbocycles. The van der Waals surface area contributed by atoms with Gasteiger partial charge in [0, 0.05) is 62.2 Å². The molecule has 2 N–H and O–H groups in total. The zero-order chi connectivity index (χ0) is 28.6. The quantitative estimate of drug-likeness (QED) is 0.269. The molecule has 1 aromatic carbocycles. The van der Waals surface area contributed by atoms with Gasteiger partial charge < -0.3 is 19.5 Å². The lowest BCUT2D eigenvalue weighted by atomic mass is 9.93. The zero-order valence-electron chi connectivity index (χ0n) is 23.7. The van der Waals surface area contributed by atoms with E-state index in [1.807, 2.05) is 51.2 Å². The van der Waals surface area contributed by atoms with Crippen LogP contribution < -0.4 is 15.5 Å². The number of imidazole rings is 1. The number of amides is 2. The van der Waals surface area contributed by atoms with Gasteiger partial charge in [-0.05, 0) is 24.3 Å². The van der Waals surface area contributed by atoms with Crippen LogP contribution in [0, 0.1) is 0 Å². The summed E-state index contributed by atoms with van der Waals surface area (Å²) in [6, 6.07) is 13.1. The van der Waals surface area contributed by atoms with Crippen molar-refractivity contribution in [3.05, 3.63) is 54.4 Å².